The molecule has 0 heterocycles. The molecule has 102 valence electrons. The molecule has 0 atom stereocenters. The number of carbonyl (C=O) groups is 1. The van der Waals surface area contributed by atoms with E-state index >= 15 is 0 Å². The molecule has 0 spiro atoms. The Kier molecular flexibility index (Phi) is 4.24. The molecule has 0 saturated heterocycles. The van der Waals surface area contributed by atoms with Gasteiger partial charge in [0.15, 0.2) is 0 Å². The molecule has 0 aliphatic rings. The fourth-order valence-electron chi connectivity index (χ4n) is 1.22. The molecule has 0 aromatic heterocycles. The van der Waals surface area contributed by atoms with E-state index in [-0.39, 0.29) is 12.5 Å². The Morgan fingerprint density at radius 2 is 1.42 bits per heavy atom. The molecule has 19 heavy (non-hydrogen) atoms. The lowest BCUT2D eigenvalue weighted by atomic mass is 10.0. The molecule has 0 aliphatic heterocycles. The van der Waals surface area contributed by atoms with Crippen molar-refractivity contribution >= 4 is 6.29 Å². The largest absolute Gasteiger partial charge is 0.416 e. The number of rotatable bonds is 1. The topological polar surface area (TPSA) is 17.1 Å². The van der Waals surface area contributed by atoms with Gasteiger partial charge in [0.25, 0.3) is 0 Å². The molecular formula is C12H6F6O. The van der Waals surface area contributed by atoms with Gasteiger partial charge in [-0.1, -0.05) is 11.8 Å². The van der Waals surface area contributed by atoms with E-state index in [0.29, 0.717) is 18.4 Å². The molecule has 0 aliphatic carbocycles. The molecule has 0 amide bonds. The second-order valence-electron chi connectivity index (χ2n) is 3.47. The molecule has 1 rings (SSSR count). The monoisotopic (exact) mass is 280 g/mol. The summed E-state index contributed by atoms with van der Waals surface area (Å²) < 4.78 is 74.7. The van der Waals surface area contributed by atoms with Gasteiger partial charge in [0, 0.05) is 5.56 Å². The van der Waals surface area contributed by atoms with E-state index in [1.807, 2.05) is 0 Å². The third-order valence-corrected chi connectivity index (χ3v) is 2.01. The van der Waals surface area contributed by atoms with Gasteiger partial charge < -0.3 is 4.79 Å². The van der Waals surface area contributed by atoms with Crippen LogP contribution in [0.15, 0.2) is 18.2 Å². The smallest absolute Gasteiger partial charge is 0.302 e. The maximum Gasteiger partial charge on any atom is 0.416 e. The van der Waals surface area contributed by atoms with Gasteiger partial charge in [0.2, 0.25) is 0 Å². The number of halogens is 6. The molecular weight excluding hydrogens is 274 g/mol. The first-order valence-electron chi connectivity index (χ1n) is 4.86. The number of hydrogen-bond acceptors (Lipinski definition) is 1. The van der Waals surface area contributed by atoms with Gasteiger partial charge in [-0.25, -0.2) is 0 Å². The van der Waals surface area contributed by atoms with Crippen LogP contribution in [0.2, 0.25) is 0 Å². The van der Waals surface area contributed by atoms with Crippen LogP contribution < -0.4 is 0 Å². The van der Waals surface area contributed by atoms with Crippen molar-refractivity contribution in [2.45, 2.75) is 18.8 Å². The molecule has 7 heteroatoms. The van der Waals surface area contributed by atoms with E-state index < -0.39 is 29.0 Å². The van der Waals surface area contributed by atoms with Gasteiger partial charge in [-0.3, -0.25) is 0 Å². The number of hydrogen-bond donors (Lipinski definition) is 0. The van der Waals surface area contributed by atoms with Crippen LogP contribution in [0.25, 0.3) is 0 Å². The highest BCUT2D eigenvalue weighted by Gasteiger charge is 2.36. The van der Waals surface area contributed by atoms with Gasteiger partial charge in [-0.2, -0.15) is 26.3 Å². The van der Waals surface area contributed by atoms with Gasteiger partial charge in [-0.15, -0.1) is 0 Å². The summed E-state index contributed by atoms with van der Waals surface area (Å²) in [7, 11) is 0. The van der Waals surface area contributed by atoms with Crippen molar-refractivity contribution in [3.63, 3.8) is 0 Å². The standard InChI is InChI=1S/C12H6F6O/c13-11(14,15)9-5-8(3-1-2-4-19)6-10(7-9)12(16,17)18/h4-7H,2H2. The zero-order chi connectivity index (χ0) is 14.7. The molecule has 0 bridgehead atoms. The van der Waals surface area contributed by atoms with E-state index in [0.717, 1.165) is 0 Å². The average molecular weight is 280 g/mol. The first-order chi connectivity index (χ1) is 8.64. The van der Waals surface area contributed by atoms with Gasteiger partial charge in [-0.05, 0) is 18.2 Å². The normalized spacial score (nSPS) is 11.7. The van der Waals surface area contributed by atoms with E-state index in [4.69, 9.17) is 0 Å². The summed E-state index contributed by atoms with van der Waals surface area (Å²) in [5, 5.41) is 0. The first kappa shape index (κ1) is 15.1. The lowest BCUT2D eigenvalue weighted by molar-refractivity contribution is -0.143. The van der Waals surface area contributed by atoms with E-state index in [9.17, 15) is 31.1 Å². The van der Waals surface area contributed by atoms with Crippen LogP contribution in [0, 0.1) is 11.8 Å². The summed E-state index contributed by atoms with van der Waals surface area (Å²) in [6, 6.07) is 1.03. The average Bonchev–Trinajstić information content (AvgIpc) is 2.27. The van der Waals surface area contributed by atoms with Crippen molar-refractivity contribution in [3.8, 4) is 11.8 Å². The van der Waals surface area contributed by atoms with Crippen LogP contribution in [0.5, 0.6) is 0 Å². The Hall–Kier alpha value is -1.97. The predicted molar refractivity (Wildman–Crippen MR) is 54.0 cm³/mol. The number of carbonyl (C=O) groups excluding carboxylic acids is 1. The van der Waals surface area contributed by atoms with Crippen molar-refractivity contribution in [2.75, 3.05) is 0 Å². The lowest BCUT2D eigenvalue weighted by Gasteiger charge is -2.12. The van der Waals surface area contributed by atoms with Crippen molar-refractivity contribution < 1.29 is 31.1 Å². The van der Waals surface area contributed by atoms with Crippen molar-refractivity contribution in [1.82, 2.24) is 0 Å². The number of alkyl halides is 6. The highest BCUT2D eigenvalue weighted by Crippen LogP contribution is 2.36. The molecule has 0 fully saturated rings. The Labute approximate surface area is 104 Å². The Bertz CT molecular complexity index is 498. The summed E-state index contributed by atoms with van der Waals surface area (Å²) in [6.07, 6.45) is -9.67. The SMILES string of the molecule is O=CCC#Cc1cc(C(F)(F)F)cc(C(F)(F)F)c1. The molecule has 1 nitrogen and oxygen atoms in total. The minimum absolute atomic E-state index is 0.0188. The highest BCUT2D eigenvalue weighted by atomic mass is 19.4. The fraction of sp³-hybridized carbons (Fsp3) is 0.250. The summed E-state index contributed by atoms with van der Waals surface area (Å²) in [6.45, 7) is 0. The zero-order valence-corrected chi connectivity index (χ0v) is 9.19. The third kappa shape index (κ3) is 4.32. The first-order valence-corrected chi connectivity index (χ1v) is 4.86. The molecule has 0 unspecified atom stereocenters. The summed E-state index contributed by atoms with van der Waals surface area (Å²) in [4.78, 5) is 9.98. The molecule has 1 aromatic carbocycles. The number of benzene rings is 1. The second-order valence-corrected chi connectivity index (χ2v) is 3.47. The van der Waals surface area contributed by atoms with E-state index in [1.165, 1.54) is 0 Å². The quantitative estimate of drug-likeness (QED) is 0.436. The van der Waals surface area contributed by atoms with E-state index in [2.05, 4.69) is 11.8 Å². The highest BCUT2D eigenvalue weighted by molar-refractivity contribution is 5.55. The second kappa shape index (κ2) is 5.34. The lowest BCUT2D eigenvalue weighted by Crippen LogP contribution is -2.11. The van der Waals surface area contributed by atoms with Crippen molar-refractivity contribution in [3.05, 3.63) is 34.9 Å². The minimum atomic E-state index is -4.90. The van der Waals surface area contributed by atoms with Crippen molar-refractivity contribution in [1.29, 1.82) is 0 Å². The van der Waals surface area contributed by atoms with Gasteiger partial charge in [0.1, 0.15) is 6.29 Å². The number of aldehydes is 1. The zero-order valence-electron chi connectivity index (χ0n) is 9.19. The molecule has 0 radical (unpaired) electrons. The summed E-state index contributed by atoms with van der Waals surface area (Å²) in [5.74, 6) is 4.25. The van der Waals surface area contributed by atoms with E-state index in [1.54, 1.807) is 0 Å². The Balaban J connectivity index is 3.34. The third-order valence-electron chi connectivity index (χ3n) is 2.01. The Morgan fingerprint density at radius 1 is 0.947 bits per heavy atom. The molecule has 0 saturated carbocycles. The van der Waals surface area contributed by atoms with Crippen LogP contribution in [0.4, 0.5) is 26.3 Å². The van der Waals surface area contributed by atoms with Gasteiger partial charge in [0.05, 0.1) is 17.5 Å². The van der Waals surface area contributed by atoms with Crippen LogP contribution in [0.3, 0.4) is 0 Å². The molecule has 1 aromatic rings. The maximum atomic E-state index is 12.5. The summed E-state index contributed by atoms with van der Waals surface area (Å²) in [5.41, 5.74) is -3.31. The minimum Gasteiger partial charge on any atom is -0.302 e. The van der Waals surface area contributed by atoms with Crippen LogP contribution in [-0.4, -0.2) is 6.29 Å². The Morgan fingerprint density at radius 3 is 1.79 bits per heavy atom. The van der Waals surface area contributed by atoms with Crippen LogP contribution in [0.1, 0.15) is 23.1 Å². The fourth-order valence-corrected chi connectivity index (χ4v) is 1.22. The van der Waals surface area contributed by atoms with Crippen LogP contribution in [-0.2, 0) is 17.1 Å². The summed E-state index contributed by atoms with van der Waals surface area (Å²) >= 11 is 0. The van der Waals surface area contributed by atoms with Crippen LogP contribution >= 0.6 is 0 Å². The van der Waals surface area contributed by atoms with Gasteiger partial charge >= 0.3 is 12.4 Å². The predicted octanol–water partition coefficient (Wildman–Crippen LogP) is 3.66. The van der Waals surface area contributed by atoms with Crippen molar-refractivity contribution in [2.24, 2.45) is 0 Å². The maximum absolute atomic E-state index is 12.5. The molecule has 0 N–H and O–H groups in total.